The van der Waals surface area contributed by atoms with Crippen LogP contribution in [-0.2, 0) is 0 Å². The van der Waals surface area contributed by atoms with Crippen molar-refractivity contribution in [2.24, 2.45) is 10.7 Å². The molecule has 0 spiro atoms. The van der Waals surface area contributed by atoms with Gasteiger partial charge in [0.2, 0.25) is 0 Å². The van der Waals surface area contributed by atoms with Crippen molar-refractivity contribution >= 4 is 18.2 Å². The Morgan fingerprint density at radius 3 is 2.69 bits per heavy atom. The first kappa shape index (κ1) is 16.3. The normalized spacial score (nSPS) is 15.1. The fourth-order valence-electron chi connectivity index (χ4n) is 3.70. The molecule has 4 rings (SSSR count). The lowest BCUT2D eigenvalue weighted by molar-refractivity contribution is 1.14. The van der Waals surface area contributed by atoms with E-state index in [1.165, 1.54) is 45.3 Å². The van der Waals surface area contributed by atoms with E-state index in [9.17, 15) is 0 Å². The molecule has 1 atom stereocenters. The molecule has 0 radical (unpaired) electrons. The Balaban J connectivity index is 1.92. The summed E-state index contributed by atoms with van der Waals surface area (Å²) in [5.41, 5.74) is 15.6. The summed E-state index contributed by atoms with van der Waals surface area (Å²) in [6, 6.07) is 15.0. The number of benzene rings is 2. The molecular formula is C23H21N3. The summed E-state index contributed by atoms with van der Waals surface area (Å²) in [5, 5.41) is 0. The molecule has 2 aromatic carbocycles. The number of pyridine rings is 1. The van der Waals surface area contributed by atoms with Crippen LogP contribution in [0.15, 0.2) is 60.2 Å². The van der Waals surface area contributed by atoms with E-state index in [-0.39, 0.29) is 0 Å². The van der Waals surface area contributed by atoms with Crippen molar-refractivity contribution in [1.29, 1.82) is 0 Å². The Morgan fingerprint density at radius 2 is 1.96 bits per heavy atom. The van der Waals surface area contributed by atoms with Crippen LogP contribution in [0.4, 0.5) is 5.82 Å². The van der Waals surface area contributed by atoms with E-state index in [1.807, 2.05) is 18.2 Å². The standard InChI is InChI=1S/C23H21N3/c1-4-16-5-6-18(11-14(16)2)23-20(8-7-19-15(3)22(19)23)17-9-10-25-21(12-17)26-13-24/h4-13,15H,1H2,2-3H3,(H2,24,25,26). The average Bonchev–Trinajstić information content (AvgIpc) is 3.31. The maximum atomic E-state index is 5.43. The lowest BCUT2D eigenvalue weighted by Gasteiger charge is -2.12. The molecule has 3 aromatic rings. The monoisotopic (exact) mass is 339 g/mol. The van der Waals surface area contributed by atoms with Crippen molar-refractivity contribution in [3.05, 3.63) is 77.5 Å². The van der Waals surface area contributed by atoms with Crippen LogP contribution in [0.25, 0.3) is 28.3 Å². The van der Waals surface area contributed by atoms with Crippen molar-refractivity contribution in [1.82, 2.24) is 4.98 Å². The Bertz CT molecular complexity index is 1050. The second-order valence-corrected chi connectivity index (χ2v) is 6.67. The SMILES string of the molecule is C=Cc1ccc(-c2c(-c3ccnc(N=CN)c3)ccc3c2C3C)cc1C. The summed E-state index contributed by atoms with van der Waals surface area (Å²) in [5.74, 6) is 1.13. The highest BCUT2D eigenvalue weighted by Crippen LogP contribution is 2.52. The van der Waals surface area contributed by atoms with Gasteiger partial charge in [0.1, 0.15) is 0 Å². The lowest BCUT2D eigenvalue weighted by Crippen LogP contribution is -1.90. The molecule has 128 valence electrons. The molecule has 1 aromatic heterocycles. The molecule has 26 heavy (non-hydrogen) atoms. The number of aromatic nitrogens is 1. The number of nitrogens with zero attached hydrogens (tertiary/aromatic N) is 2. The summed E-state index contributed by atoms with van der Waals surface area (Å²) in [6.07, 6.45) is 4.96. The fraction of sp³-hybridized carbons (Fsp3) is 0.130. The molecule has 3 nitrogen and oxygen atoms in total. The third kappa shape index (κ3) is 2.62. The van der Waals surface area contributed by atoms with Crippen LogP contribution in [-0.4, -0.2) is 11.3 Å². The minimum Gasteiger partial charge on any atom is -0.390 e. The van der Waals surface area contributed by atoms with Crippen molar-refractivity contribution < 1.29 is 0 Å². The number of aryl methyl sites for hydroxylation is 1. The van der Waals surface area contributed by atoms with Gasteiger partial charge in [0, 0.05) is 12.1 Å². The summed E-state index contributed by atoms with van der Waals surface area (Å²) in [4.78, 5) is 8.37. The third-order valence-electron chi connectivity index (χ3n) is 5.14. The molecule has 0 aliphatic heterocycles. The van der Waals surface area contributed by atoms with Gasteiger partial charge in [0.25, 0.3) is 0 Å². The zero-order chi connectivity index (χ0) is 18.3. The quantitative estimate of drug-likeness (QED) is 0.507. The molecule has 0 amide bonds. The third-order valence-corrected chi connectivity index (χ3v) is 5.14. The van der Waals surface area contributed by atoms with Crippen LogP contribution in [0.1, 0.15) is 35.1 Å². The van der Waals surface area contributed by atoms with Gasteiger partial charge in [-0.15, -0.1) is 0 Å². The molecule has 0 bridgehead atoms. The molecule has 0 fully saturated rings. The number of hydrogen-bond acceptors (Lipinski definition) is 2. The van der Waals surface area contributed by atoms with Crippen LogP contribution >= 0.6 is 0 Å². The summed E-state index contributed by atoms with van der Waals surface area (Å²) in [6.45, 7) is 8.29. The smallest absolute Gasteiger partial charge is 0.154 e. The first-order valence-electron chi connectivity index (χ1n) is 8.75. The molecule has 2 N–H and O–H groups in total. The second kappa shape index (κ2) is 6.26. The molecule has 1 heterocycles. The largest absolute Gasteiger partial charge is 0.390 e. The first-order chi connectivity index (χ1) is 12.6. The molecule has 0 saturated carbocycles. The number of nitrogens with two attached hydrogens (primary N) is 1. The number of fused-ring (bicyclic) bond motifs is 1. The van der Waals surface area contributed by atoms with Gasteiger partial charge in [-0.3, -0.25) is 0 Å². The van der Waals surface area contributed by atoms with E-state index >= 15 is 0 Å². The predicted molar refractivity (Wildman–Crippen MR) is 110 cm³/mol. The molecule has 0 saturated heterocycles. The zero-order valence-corrected chi connectivity index (χ0v) is 15.0. The number of aliphatic imine (C=N–C) groups is 1. The van der Waals surface area contributed by atoms with Crippen LogP contribution in [0.5, 0.6) is 0 Å². The summed E-state index contributed by atoms with van der Waals surface area (Å²) in [7, 11) is 0. The molecular weight excluding hydrogens is 318 g/mol. The zero-order valence-electron chi connectivity index (χ0n) is 15.0. The highest BCUT2D eigenvalue weighted by Gasteiger charge is 2.33. The van der Waals surface area contributed by atoms with Gasteiger partial charge in [-0.25, -0.2) is 9.98 Å². The van der Waals surface area contributed by atoms with E-state index in [4.69, 9.17) is 5.73 Å². The van der Waals surface area contributed by atoms with Gasteiger partial charge in [0.15, 0.2) is 5.82 Å². The van der Waals surface area contributed by atoms with Crippen LogP contribution < -0.4 is 5.73 Å². The van der Waals surface area contributed by atoms with Gasteiger partial charge < -0.3 is 5.73 Å². The predicted octanol–water partition coefficient (Wildman–Crippen LogP) is 5.45. The second-order valence-electron chi connectivity index (χ2n) is 6.67. The lowest BCUT2D eigenvalue weighted by atomic mass is 9.92. The topological polar surface area (TPSA) is 51.3 Å². The van der Waals surface area contributed by atoms with Gasteiger partial charge in [-0.2, -0.15) is 0 Å². The number of rotatable bonds is 4. The first-order valence-corrected chi connectivity index (χ1v) is 8.75. The average molecular weight is 339 g/mol. The van der Waals surface area contributed by atoms with Gasteiger partial charge in [-0.05, 0) is 63.6 Å². The molecule has 1 unspecified atom stereocenters. The van der Waals surface area contributed by atoms with Gasteiger partial charge >= 0.3 is 0 Å². The van der Waals surface area contributed by atoms with E-state index in [2.05, 4.69) is 60.7 Å². The summed E-state index contributed by atoms with van der Waals surface area (Å²) >= 11 is 0. The van der Waals surface area contributed by atoms with Crippen molar-refractivity contribution in [2.75, 3.05) is 0 Å². The molecule has 1 aliphatic carbocycles. The van der Waals surface area contributed by atoms with E-state index in [0.29, 0.717) is 11.7 Å². The molecule has 3 heteroatoms. The van der Waals surface area contributed by atoms with Crippen LogP contribution in [0, 0.1) is 6.92 Å². The van der Waals surface area contributed by atoms with Crippen molar-refractivity contribution in [3.63, 3.8) is 0 Å². The fourth-order valence-corrected chi connectivity index (χ4v) is 3.70. The van der Waals surface area contributed by atoms with E-state index in [1.54, 1.807) is 6.20 Å². The minimum absolute atomic E-state index is 0.515. The Hall–Kier alpha value is -3.20. The van der Waals surface area contributed by atoms with Crippen LogP contribution in [0.2, 0.25) is 0 Å². The van der Waals surface area contributed by atoms with Gasteiger partial charge in [-0.1, -0.05) is 49.9 Å². The highest BCUT2D eigenvalue weighted by atomic mass is 14.9. The Morgan fingerprint density at radius 1 is 1.12 bits per heavy atom. The maximum Gasteiger partial charge on any atom is 0.154 e. The van der Waals surface area contributed by atoms with E-state index in [0.717, 1.165) is 5.56 Å². The highest BCUT2D eigenvalue weighted by molar-refractivity contribution is 5.91. The molecule has 1 aliphatic rings. The Labute approximate surface area is 153 Å². The Kier molecular flexibility index (Phi) is 3.92. The maximum absolute atomic E-state index is 5.43. The van der Waals surface area contributed by atoms with Crippen molar-refractivity contribution in [3.8, 4) is 22.3 Å². The summed E-state index contributed by atoms with van der Waals surface area (Å²) < 4.78 is 0. The van der Waals surface area contributed by atoms with Crippen molar-refractivity contribution in [2.45, 2.75) is 19.8 Å². The number of hydrogen-bond donors (Lipinski definition) is 1. The van der Waals surface area contributed by atoms with E-state index < -0.39 is 0 Å². The van der Waals surface area contributed by atoms with Gasteiger partial charge in [0.05, 0.1) is 6.34 Å². The van der Waals surface area contributed by atoms with Crippen LogP contribution in [0.3, 0.4) is 0 Å². The minimum atomic E-state index is 0.515.